The molecular formula is C7H9FN2O2. The van der Waals surface area contributed by atoms with Crippen LogP contribution in [0.2, 0.25) is 0 Å². The summed E-state index contributed by atoms with van der Waals surface area (Å²) < 4.78 is 14.4. The highest BCUT2D eigenvalue weighted by molar-refractivity contribution is 5.73. The van der Waals surface area contributed by atoms with Gasteiger partial charge in [-0.2, -0.15) is 0 Å². The fourth-order valence-corrected chi connectivity index (χ4v) is 0.835. The van der Waals surface area contributed by atoms with Crippen molar-refractivity contribution in [3.05, 3.63) is 17.7 Å². The van der Waals surface area contributed by atoms with Crippen LogP contribution in [0.5, 0.6) is 0 Å². The number of hydrogen-bond acceptors (Lipinski definition) is 2. The summed E-state index contributed by atoms with van der Waals surface area (Å²) >= 11 is 0. The second kappa shape index (κ2) is 2.92. The third-order valence-electron chi connectivity index (χ3n) is 1.60. The Labute approximate surface area is 68.7 Å². The van der Waals surface area contributed by atoms with Gasteiger partial charge in [0.25, 0.3) is 0 Å². The van der Waals surface area contributed by atoms with Crippen LogP contribution in [0.1, 0.15) is 17.7 Å². The van der Waals surface area contributed by atoms with E-state index in [1.165, 1.54) is 6.20 Å². The molecule has 1 aromatic rings. The highest BCUT2D eigenvalue weighted by Crippen LogP contribution is 2.15. The van der Waals surface area contributed by atoms with Crippen LogP contribution in [0.3, 0.4) is 0 Å². The molecule has 0 saturated carbocycles. The first-order chi connectivity index (χ1) is 5.52. The maximum absolute atomic E-state index is 12.8. The first-order valence-corrected chi connectivity index (χ1v) is 3.39. The van der Waals surface area contributed by atoms with Gasteiger partial charge in [-0.1, -0.05) is 0 Å². The lowest BCUT2D eigenvalue weighted by Gasteiger charge is -1.95. The normalized spacial score (nSPS) is 12.9. The largest absolute Gasteiger partial charge is 0.479 e. The van der Waals surface area contributed by atoms with Crippen LogP contribution < -0.4 is 0 Å². The lowest BCUT2D eigenvalue weighted by atomic mass is 10.3. The fraction of sp³-hybridized carbons (Fsp3) is 0.429. The molecule has 0 aliphatic heterocycles. The number of carboxylic acid groups (broad SMARTS) is 1. The number of nitrogens with zero attached hydrogens (tertiary/aromatic N) is 2. The van der Waals surface area contributed by atoms with Gasteiger partial charge >= 0.3 is 5.97 Å². The molecule has 66 valence electrons. The van der Waals surface area contributed by atoms with E-state index in [4.69, 9.17) is 5.11 Å². The molecule has 0 aromatic carbocycles. The summed E-state index contributed by atoms with van der Waals surface area (Å²) in [6.45, 7) is 1.68. The first kappa shape index (κ1) is 8.70. The quantitative estimate of drug-likeness (QED) is 0.718. The Hall–Kier alpha value is -1.39. The molecule has 1 rings (SSSR count). The molecule has 0 bridgehead atoms. The van der Waals surface area contributed by atoms with E-state index in [2.05, 4.69) is 4.98 Å². The smallest absolute Gasteiger partial charge is 0.344 e. The van der Waals surface area contributed by atoms with Crippen LogP contribution in [0.15, 0.2) is 6.20 Å². The zero-order valence-electron chi connectivity index (χ0n) is 6.78. The van der Waals surface area contributed by atoms with Crippen molar-refractivity contribution in [2.24, 2.45) is 7.05 Å². The number of aryl methyl sites for hydroxylation is 2. The minimum absolute atomic E-state index is 0.0532. The average Bonchev–Trinajstić information content (AvgIpc) is 2.30. The first-order valence-electron chi connectivity index (χ1n) is 3.39. The average molecular weight is 172 g/mol. The SMILES string of the molecule is Cc1nc(C(F)C(=O)O)cn1C. The molecule has 0 radical (unpaired) electrons. The van der Waals surface area contributed by atoms with Crippen LogP contribution in [-0.4, -0.2) is 20.6 Å². The molecule has 0 saturated heterocycles. The van der Waals surface area contributed by atoms with E-state index in [1.54, 1.807) is 18.5 Å². The Bertz CT molecular complexity index is 289. The van der Waals surface area contributed by atoms with Crippen LogP contribution >= 0.6 is 0 Å². The zero-order valence-corrected chi connectivity index (χ0v) is 6.78. The Balaban J connectivity index is 2.96. The van der Waals surface area contributed by atoms with E-state index in [-0.39, 0.29) is 5.69 Å². The number of imidazole rings is 1. The van der Waals surface area contributed by atoms with Crippen LogP contribution in [0, 0.1) is 6.92 Å². The minimum atomic E-state index is -2.02. The van der Waals surface area contributed by atoms with Gasteiger partial charge in [-0.05, 0) is 6.92 Å². The summed E-state index contributed by atoms with van der Waals surface area (Å²) in [6.07, 6.45) is -0.654. The van der Waals surface area contributed by atoms with Gasteiger partial charge in [0.2, 0.25) is 6.17 Å². The van der Waals surface area contributed by atoms with Gasteiger partial charge in [0.15, 0.2) is 0 Å². The van der Waals surface area contributed by atoms with Gasteiger partial charge in [0.05, 0.1) is 0 Å². The van der Waals surface area contributed by atoms with Crippen molar-refractivity contribution >= 4 is 5.97 Å². The highest BCUT2D eigenvalue weighted by atomic mass is 19.1. The third-order valence-corrected chi connectivity index (χ3v) is 1.60. The van der Waals surface area contributed by atoms with Crippen molar-refractivity contribution in [1.29, 1.82) is 0 Å². The maximum Gasteiger partial charge on any atom is 0.344 e. The molecule has 1 aromatic heterocycles. The Morgan fingerprint density at radius 2 is 2.42 bits per heavy atom. The van der Waals surface area contributed by atoms with Crippen molar-refractivity contribution < 1.29 is 14.3 Å². The van der Waals surface area contributed by atoms with Gasteiger partial charge in [-0.3, -0.25) is 0 Å². The second-order valence-corrected chi connectivity index (χ2v) is 2.52. The Kier molecular flexibility index (Phi) is 2.12. The number of rotatable bonds is 2. The maximum atomic E-state index is 12.8. The van der Waals surface area contributed by atoms with Crippen molar-refractivity contribution in [2.45, 2.75) is 13.1 Å². The summed E-state index contributed by atoms with van der Waals surface area (Å²) in [7, 11) is 1.68. The number of alkyl halides is 1. The van der Waals surface area contributed by atoms with E-state index in [0.717, 1.165) is 0 Å². The van der Waals surface area contributed by atoms with Gasteiger partial charge in [0.1, 0.15) is 11.5 Å². The summed E-state index contributed by atoms with van der Waals surface area (Å²) in [5.74, 6) is -0.915. The predicted octanol–water partition coefficient (Wildman–Crippen LogP) is 0.824. The van der Waals surface area contributed by atoms with E-state index in [9.17, 15) is 9.18 Å². The lowest BCUT2D eigenvalue weighted by Crippen LogP contribution is -2.06. The number of halogens is 1. The van der Waals surface area contributed by atoms with Crippen molar-refractivity contribution in [3.63, 3.8) is 0 Å². The number of carbonyl (C=O) groups is 1. The highest BCUT2D eigenvalue weighted by Gasteiger charge is 2.21. The molecule has 1 unspecified atom stereocenters. The van der Waals surface area contributed by atoms with E-state index >= 15 is 0 Å². The van der Waals surface area contributed by atoms with Gasteiger partial charge in [-0.25, -0.2) is 14.2 Å². The molecule has 0 aliphatic rings. The number of hydrogen-bond donors (Lipinski definition) is 1. The number of aromatic nitrogens is 2. The monoisotopic (exact) mass is 172 g/mol. The molecule has 0 aliphatic carbocycles. The molecule has 12 heavy (non-hydrogen) atoms. The summed E-state index contributed by atoms with van der Waals surface area (Å²) in [5.41, 5.74) is -0.0532. The molecule has 4 nitrogen and oxygen atoms in total. The predicted molar refractivity (Wildman–Crippen MR) is 39.4 cm³/mol. The van der Waals surface area contributed by atoms with Crippen LogP contribution in [0.25, 0.3) is 0 Å². The number of aliphatic carboxylic acids is 1. The Morgan fingerprint density at radius 1 is 1.83 bits per heavy atom. The van der Waals surface area contributed by atoms with E-state index in [0.29, 0.717) is 5.82 Å². The van der Waals surface area contributed by atoms with E-state index in [1.807, 2.05) is 0 Å². The molecule has 1 atom stereocenters. The van der Waals surface area contributed by atoms with Crippen molar-refractivity contribution in [1.82, 2.24) is 9.55 Å². The van der Waals surface area contributed by atoms with Crippen LogP contribution in [-0.2, 0) is 11.8 Å². The standard InChI is InChI=1S/C7H9FN2O2/c1-4-9-5(3-10(4)2)6(8)7(11)12/h3,6H,1-2H3,(H,11,12). The molecule has 0 fully saturated rings. The lowest BCUT2D eigenvalue weighted by molar-refractivity contribution is -0.143. The third kappa shape index (κ3) is 1.44. The Morgan fingerprint density at radius 3 is 2.75 bits per heavy atom. The molecule has 0 amide bonds. The topological polar surface area (TPSA) is 55.1 Å². The van der Waals surface area contributed by atoms with E-state index < -0.39 is 12.1 Å². The minimum Gasteiger partial charge on any atom is -0.479 e. The van der Waals surface area contributed by atoms with Crippen molar-refractivity contribution in [2.75, 3.05) is 0 Å². The molecule has 5 heteroatoms. The molecule has 1 heterocycles. The molecular weight excluding hydrogens is 163 g/mol. The molecule has 1 N–H and O–H groups in total. The number of carboxylic acids is 1. The molecule has 0 spiro atoms. The summed E-state index contributed by atoms with van der Waals surface area (Å²) in [4.78, 5) is 13.9. The van der Waals surface area contributed by atoms with Gasteiger partial charge < -0.3 is 9.67 Å². The summed E-state index contributed by atoms with van der Waals surface area (Å²) in [6, 6.07) is 0. The van der Waals surface area contributed by atoms with Gasteiger partial charge in [0, 0.05) is 13.2 Å². The zero-order chi connectivity index (χ0) is 9.30. The second-order valence-electron chi connectivity index (χ2n) is 2.52. The van der Waals surface area contributed by atoms with Gasteiger partial charge in [-0.15, -0.1) is 0 Å². The van der Waals surface area contributed by atoms with Crippen molar-refractivity contribution in [3.8, 4) is 0 Å². The fourth-order valence-electron chi connectivity index (χ4n) is 0.835. The summed E-state index contributed by atoms with van der Waals surface area (Å²) in [5, 5.41) is 8.31. The van der Waals surface area contributed by atoms with Crippen LogP contribution in [0.4, 0.5) is 4.39 Å².